The van der Waals surface area contributed by atoms with Crippen molar-refractivity contribution in [3.63, 3.8) is 0 Å². The van der Waals surface area contributed by atoms with Gasteiger partial charge in [-0.25, -0.2) is 4.98 Å². The van der Waals surface area contributed by atoms with Crippen LogP contribution in [0.4, 0.5) is 5.82 Å². The number of anilines is 1. The second-order valence-corrected chi connectivity index (χ2v) is 5.96. The predicted molar refractivity (Wildman–Crippen MR) is 93.3 cm³/mol. The largest absolute Gasteiger partial charge is 0.295 e. The Labute approximate surface area is 144 Å². The van der Waals surface area contributed by atoms with Gasteiger partial charge in [-0.05, 0) is 36.2 Å². The predicted octanol–water partition coefficient (Wildman–Crippen LogP) is 4.37. The molecule has 0 unspecified atom stereocenters. The van der Waals surface area contributed by atoms with E-state index in [9.17, 15) is 4.79 Å². The van der Waals surface area contributed by atoms with E-state index in [0.717, 1.165) is 35.6 Å². The first-order chi connectivity index (χ1) is 11.1. The average molecular weight is 348 g/mol. The molecule has 0 spiro atoms. The number of amides is 1. The van der Waals surface area contributed by atoms with Crippen LogP contribution in [0.2, 0.25) is 10.0 Å². The summed E-state index contributed by atoms with van der Waals surface area (Å²) in [6.45, 7) is 2.42. The molecule has 1 aromatic carbocycles. The molecule has 2 heterocycles. The van der Waals surface area contributed by atoms with Crippen LogP contribution in [0.5, 0.6) is 0 Å². The van der Waals surface area contributed by atoms with Gasteiger partial charge in [-0.1, -0.05) is 42.3 Å². The Balaban J connectivity index is 2.03. The van der Waals surface area contributed by atoms with Gasteiger partial charge in [-0.2, -0.15) is 0 Å². The molecule has 0 aliphatic heterocycles. The fourth-order valence-corrected chi connectivity index (χ4v) is 2.89. The maximum absolute atomic E-state index is 11.7. The molecule has 3 rings (SSSR count). The summed E-state index contributed by atoms with van der Waals surface area (Å²) < 4.78 is 1.92. The van der Waals surface area contributed by atoms with Crippen molar-refractivity contribution in [1.29, 1.82) is 0 Å². The highest BCUT2D eigenvalue weighted by Gasteiger charge is 2.17. The van der Waals surface area contributed by atoms with E-state index >= 15 is 0 Å². The van der Waals surface area contributed by atoms with Crippen molar-refractivity contribution in [2.45, 2.75) is 19.9 Å². The van der Waals surface area contributed by atoms with Crippen molar-refractivity contribution >= 4 is 41.1 Å². The van der Waals surface area contributed by atoms with Crippen LogP contribution < -0.4 is 4.90 Å². The Bertz CT molecular complexity index is 860. The average Bonchev–Trinajstić information content (AvgIpc) is 2.94. The Kier molecular flexibility index (Phi) is 4.55. The molecule has 0 radical (unpaired) electrons. The number of imidazole rings is 1. The van der Waals surface area contributed by atoms with Gasteiger partial charge in [0, 0.05) is 6.20 Å². The van der Waals surface area contributed by atoms with E-state index in [1.165, 1.54) is 0 Å². The summed E-state index contributed by atoms with van der Waals surface area (Å²) in [5.41, 5.74) is 2.60. The normalized spacial score (nSPS) is 10.9. The highest BCUT2D eigenvalue weighted by atomic mass is 35.5. The number of nitrogens with zero attached hydrogens (tertiary/aromatic N) is 3. The van der Waals surface area contributed by atoms with Crippen LogP contribution in [-0.4, -0.2) is 15.8 Å². The number of aryl methyl sites for hydroxylation is 1. The van der Waals surface area contributed by atoms with Gasteiger partial charge >= 0.3 is 0 Å². The second kappa shape index (κ2) is 6.60. The van der Waals surface area contributed by atoms with Crippen molar-refractivity contribution in [1.82, 2.24) is 9.38 Å². The number of benzene rings is 1. The lowest BCUT2D eigenvalue weighted by atomic mass is 10.2. The number of pyridine rings is 1. The van der Waals surface area contributed by atoms with Gasteiger partial charge in [0.15, 0.2) is 0 Å². The lowest BCUT2D eigenvalue weighted by Crippen LogP contribution is -2.23. The molecule has 0 atom stereocenters. The smallest absolute Gasteiger partial charge is 0.215 e. The molecule has 0 bridgehead atoms. The SMILES string of the molecule is CCc1nc2ccccn2c1N(C=O)Cc1ccc(Cl)c(Cl)c1. The Morgan fingerprint density at radius 2 is 2.04 bits per heavy atom. The van der Waals surface area contributed by atoms with Crippen LogP contribution in [-0.2, 0) is 17.8 Å². The summed E-state index contributed by atoms with van der Waals surface area (Å²) in [6.07, 6.45) is 3.46. The van der Waals surface area contributed by atoms with Crippen molar-refractivity contribution in [2.24, 2.45) is 0 Å². The number of carbonyl (C=O) groups is 1. The minimum atomic E-state index is 0.399. The molecule has 0 fully saturated rings. The van der Waals surface area contributed by atoms with E-state index in [2.05, 4.69) is 4.98 Å². The number of halogens is 2. The van der Waals surface area contributed by atoms with E-state index in [1.54, 1.807) is 17.0 Å². The summed E-state index contributed by atoms with van der Waals surface area (Å²) in [5.74, 6) is 0.782. The van der Waals surface area contributed by atoms with Gasteiger partial charge in [0.1, 0.15) is 11.5 Å². The summed E-state index contributed by atoms with van der Waals surface area (Å²) in [7, 11) is 0. The molecule has 4 nitrogen and oxygen atoms in total. The minimum absolute atomic E-state index is 0.399. The van der Waals surface area contributed by atoms with Gasteiger partial charge < -0.3 is 0 Å². The number of rotatable bonds is 5. The third-order valence-electron chi connectivity index (χ3n) is 3.65. The maximum Gasteiger partial charge on any atom is 0.215 e. The highest BCUT2D eigenvalue weighted by molar-refractivity contribution is 6.42. The number of hydrogen-bond acceptors (Lipinski definition) is 2. The molecule has 2 aromatic heterocycles. The maximum atomic E-state index is 11.7. The molecule has 0 aliphatic rings. The van der Waals surface area contributed by atoms with Gasteiger partial charge in [0.2, 0.25) is 6.41 Å². The molecule has 0 aliphatic carbocycles. The van der Waals surface area contributed by atoms with Crippen molar-refractivity contribution in [2.75, 3.05) is 4.90 Å². The third kappa shape index (κ3) is 3.05. The zero-order valence-corrected chi connectivity index (χ0v) is 14.1. The second-order valence-electron chi connectivity index (χ2n) is 5.15. The number of carbonyl (C=O) groups excluding carboxylic acids is 1. The summed E-state index contributed by atoms with van der Waals surface area (Å²) in [5, 5.41) is 0.973. The lowest BCUT2D eigenvalue weighted by molar-refractivity contribution is -0.107. The molecule has 3 aromatic rings. The third-order valence-corrected chi connectivity index (χ3v) is 4.38. The van der Waals surface area contributed by atoms with Crippen LogP contribution in [0.15, 0.2) is 42.6 Å². The molecule has 0 saturated carbocycles. The van der Waals surface area contributed by atoms with Crippen LogP contribution >= 0.6 is 23.2 Å². The van der Waals surface area contributed by atoms with Gasteiger partial charge in [-0.3, -0.25) is 14.1 Å². The van der Waals surface area contributed by atoms with Gasteiger partial charge in [0.25, 0.3) is 0 Å². The molecular formula is C17H15Cl2N3O. The molecular weight excluding hydrogens is 333 g/mol. The molecule has 118 valence electrons. The van der Waals surface area contributed by atoms with Crippen molar-refractivity contribution in [3.05, 3.63) is 63.9 Å². The number of fused-ring (bicyclic) bond motifs is 1. The molecule has 0 saturated heterocycles. The highest BCUT2D eigenvalue weighted by Crippen LogP contribution is 2.26. The quantitative estimate of drug-likeness (QED) is 0.642. The van der Waals surface area contributed by atoms with Crippen LogP contribution in [0.3, 0.4) is 0 Å². The first-order valence-corrected chi connectivity index (χ1v) is 8.01. The number of hydrogen-bond donors (Lipinski definition) is 0. The van der Waals surface area contributed by atoms with Gasteiger partial charge in [0.05, 0.1) is 22.3 Å². The van der Waals surface area contributed by atoms with Crippen LogP contribution in [0, 0.1) is 0 Å². The minimum Gasteiger partial charge on any atom is -0.295 e. The molecule has 0 N–H and O–H groups in total. The summed E-state index contributed by atoms with van der Waals surface area (Å²) in [6, 6.07) is 11.1. The molecule has 1 amide bonds. The summed E-state index contributed by atoms with van der Waals surface area (Å²) >= 11 is 12.0. The Morgan fingerprint density at radius 1 is 1.22 bits per heavy atom. The van der Waals surface area contributed by atoms with E-state index in [4.69, 9.17) is 23.2 Å². The first-order valence-electron chi connectivity index (χ1n) is 7.26. The van der Waals surface area contributed by atoms with Crippen LogP contribution in [0.1, 0.15) is 18.2 Å². The van der Waals surface area contributed by atoms with Crippen molar-refractivity contribution in [3.8, 4) is 0 Å². The van der Waals surface area contributed by atoms with Gasteiger partial charge in [-0.15, -0.1) is 0 Å². The topological polar surface area (TPSA) is 37.6 Å². The fraction of sp³-hybridized carbons (Fsp3) is 0.176. The van der Waals surface area contributed by atoms with Crippen LogP contribution in [0.25, 0.3) is 5.65 Å². The monoisotopic (exact) mass is 347 g/mol. The zero-order chi connectivity index (χ0) is 16.4. The molecule has 23 heavy (non-hydrogen) atoms. The Morgan fingerprint density at radius 3 is 2.74 bits per heavy atom. The van der Waals surface area contributed by atoms with E-state index in [-0.39, 0.29) is 0 Å². The summed E-state index contributed by atoms with van der Waals surface area (Å²) in [4.78, 5) is 17.9. The standard InChI is InChI=1S/C17H15Cl2N3O/c1-2-15-17(22-8-4-3-5-16(22)20-15)21(11-23)10-12-6-7-13(18)14(19)9-12/h3-9,11H,2,10H2,1H3. The number of aromatic nitrogens is 2. The first kappa shape index (κ1) is 15.8. The fourth-order valence-electron chi connectivity index (χ4n) is 2.57. The van der Waals surface area contributed by atoms with E-state index in [0.29, 0.717) is 16.6 Å². The van der Waals surface area contributed by atoms with E-state index < -0.39 is 0 Å². The molecule has 6 heteroatoms. The van der Waals surface area contributed by atoms with Crippen molar-refractivity contribution < 1.29 is 4.79 Å². The zero-order valence-electron chi connectivity index (χ0n) is 12.5. The Hall–Kier alpha value is -2.04. The van der Waals surface area contributed by atoms with E-state index in [1.807, 2.05) is 41.8 Å². The lowest BCUT2D eigenvalue weighted by Gasteiger charge is -2.18.